The molecule has 0 aromatic heterocycles. The predicted octanol–water partition coefficient (Wildman–Crippen LogP) is 2.10. The van der Waals surface area contributed by atoms with Crippen LogP contribution in [0, 0.1) is 11.8 Å². The SMILES string of the molecule is CC(C)[C@@H]1NC(=O)C[C@@H](C(=O)NCCCc2ccccc2)NC(=O)c2ccccc2OC[C@H](C)NC(=O)[C@@H](C(C)C)NC1=O. The molecule has 1 aliphatic rings. The number of hydrogen-bond acceptors (Lipinski definition) is 6. The highest BCUT2D eigenvalue weighted by atomic mass is 16.5. The zero-order chi connectivity index (χ0) is 32.2. The van der Waals surface area contributed by atoms with Gasteiger partial charge in [0.2, 0.25) is 23.6 Å². The van der Waals surface area contributed by atoms with Crippen LogP contribution in [0.5, 0.6) is 5.75 Å². The number of para-hydroxylation sites is 1. The van der Waals surface area contributed by atoms with E-state index in [-0.39, 0.29) is 29.8 Å². The molecule has 0 radical (unpaired) electrons. The third-order valence-electron chi connectivity index (χ3n) is 7.32. The molecule has 4 atom stereocenters. The molecule has 1 heterocycles. The van der Waals surface area contributed by atoms with E-state index in [1.807, 2.05) is 44.2 Å². The Hall–Kier alpha value is -4.41. The van der Waals surface area contributed by atoms with Crippen LogP contribution in [0.4, 0.5) is 0 Å². The summed E-state index contributed by atoms with van der Waals surface area (Å²) in [5.41, 5.74) is 1.31. The molecule has 0 saturated carbocycles. The van der Waals surface area contributed by atoms with Gasteiger partial charge in [0.15, 0.2) is 0 Å². The van der Waals surface area contributed by atoms with Gasteiger partial charge >= 0.3 is 0 Å². The van der Waals surface area contributed by atoms with Crippen molar-refractivity contribution in [3.8, 4) is 5.75 Å². The second kappa shape index (κ2) is 16.4. The van der Waals surface area contributed by atoms with Crippen molar-refractivity contribution in [2.24, 2.45) is 11.8 Å². The Morgan fingerprint density at radius 1 is 0.841 bits per heavy atom. The Labute approximate surface area is 259 Å². The lowest BCUT2D eigenvalue weighted by atomic mass is 9.99. The van der Waals surface area contributed by atoms with Crippen molar-refractivity contribution >= 4 is 29.5 Å². The van der Waals surface area contributed by atoms with Gasteiger partial charge in [0, 0.05) is 6.54 Å². The molecule has 0 fully saturated rings. The normalized spacial score (nSPS) is 22.1. The third kappa shape index (κ3) is 10.1. The summed E-state index contributed by atoms with van der Waals surface area (Å²) >= 11 is 0. The number of hydrogen-bond donors (Lipinski definition) is 5. The molecule has 3 rings (SSSR count). The van der Waals surface area contributed by atoms with Crippen LogP contribution in [-0.2, 0) is 25.6 Å². The van der Waals surface area contributed by atoms with Crippen LogP contribution in [0.1, 0.15) is 63.4 Å². The average molecular weight is 608 g/mol. The fourth-order valence-corrected chi connectivity index (χ4v) is 4.82. The molecule has 5 amide bonds. The molecule has 5 N–H and O–H groups in total. The lowest BCUT2D eigenvalue weighted by Gasteiger charge is -2.28. The van der Waals surface area contributed by atoms with E-state index in [4.69, 9.17) is 4.74 Å². The first-order valence-electron chi connectivity index (χ1n) is 15.2. The summed E-state index contributed by atoms with van der Waals surface area (Å²) in [5.74, 6) is -2.94. The maximum absolute atomic E-state index is 13.4. The molecule has 0 unspecified atom stereocenters. The quantitative estimate of drug-likeness (QED) is 0.304. The van der Waals surface area contributed by atoms with E-state index in [0.29, 0.717) is 13.0 Å². The number of aryl methyl sites for hydroxylation is 1. The molecule has 2 aromatic rings. The Balaban J connectivity index is 1.86. The van der Waals surface area contributed by atoms with Gasteiger partial charge in [-0.15, -0.1) is 0 Å². The van der Waals surface area contributed by atoms with Crippen molar-refractivity contribution in [2.75, 3.05) is 13.2 Å². The van der Waals surface area contributed by atoms with Crippen molar-refractivity contribution < 1.29 is 28.7 Å². The van der Waals surface area contributed by atoms with E-state index in [9.17, 15) is 24.0 Å². The number of carbonyl (C=O) groups excluding carboxylic acids is 5. The van der Waals surface area contributed by atoms with E-state index in [1.165, 1.54) is 0 Å². The summed E-state index contributed by atoms with van der Waals surface area (Å²) in [4.78, 5) is 66.5. The minimum atomic E-state index is -1.22. The van der Waals surface area contributed by atoms with E-state index in [1.54, 1.807) is 45.0 Å². The summed E-state index contributed by atoms with van der Waals surface area (Å²) in [6, 6.07) is 12.9. The van der Waals surface area contributed by atoms with Gasteiger partial charge in [-0.25, -0.2) is 0 Å². The molecule has 0 aliphatic carbocycles. The molecule has 0 bridgehead atoms. The molecular formula is C33H45N5O6. The number of ether oxygens (including phenoxy) is 1. The Bertz CT molecular complexity index is 1300. The fourth-order valence-electron chi connectivity index (χ4n) is 4.82. The zero-order valence-corrected chi connectivity index (χ0v) is 26.1. The highest BCUT2D eigenvalue weighted by Gasteiger charge is 2.33. The second-order valence-electron chi connectivity index (χ2n) is 11.8. The van der Waals surface area contributed by atoms with Crippen molar-refractivity contribution in [2.45, 2.75) is 78.0 Å². The number of carbonyl (C=O) groups is 5. The first-order chi connectivity index (χ1) is 21.0. The van der Waals surface area contributed by atoms with Gasteiger partial charge in [0.05, 0.1) is 18.0 Å². The number of amides is 5. The predicted molar refractivity (Wildman–Crippen MR) is 167 cm³/mol. The Morgan fingerprint density at radius 3 is 2.14 bits per heavy atom. The Morgan fingerprint density at radius 2 is 1.45 bits per heavy atom. The first-order valence-corrected chi connectivity index (χ1v) is 15.2. The molecule has 0 saturated heterocycles. The van der Waals surface area contributed by atoms with Crippen molar-refractivity contribution in [1.82, 2.24) is 26.6 Å². The first kappa shape index (κ1) is 34.1. The van der Waals surface area contributed by atoms with E-state index < -0.39 is 60.1 Å². The maximum Gasteiger partial charge on any atom is 0.255 e. The lowest BCUT2D eigenvalue weighted by molar-refractivity contribution is -0.134. The lowest BCUT2D eigenvalue weighted by Crippen LogP contribution is -2.58. The van der Waals surface area contributed by atoms with Crippen LogP contribution in [0.25, 0.3) is 0 Å². The summed E-state index contributed by atoms with van der Waals surface area (Å²) in [6.07, 6.45) is 1.01. The number of nitrogens with one attached hydrogen (secondary N) is 5. The van der Waals surface area contributed by atoms with E-state index >= 15 is 0 Å². The van der Waals surface area contributed by atoms with Crippen LogP contribution in [0.2, 0.25) is 0 Å². The molecular weight excluding hydrogens is 562 g/mol. The summed E-state index contributed by atoms with van der Waals surface area (Å²) in [7, 11) is 0. The smallest absolute Gasteiger partial charge is 0.255 e. The molecule has 44 heavy (non-hydrogen) atoms. The number of rotatable bonds is 7. The third-order valence-corrected chi connectivity index (χ3v) is 7.32. The molecule has 11 heteroatoms. The van der Waals surface area contributed by atoms with Crippen molar-refractivity contribution in [3.63, 3.8) is 0 Å². The molecule has 11 nitrogen and oxygen atoms in total. The van der Waals surface area contributed by atoms with E-state index in [2.05, 4.69) is 26.6 Å². The molecule has 2 aromatic carbocycles. The maximum atomic E-state index is 13.4. The highest BCUT2D eigenvalue weighted by molar-refractivity contribution is 6.01. The van der Waals surface area contributed by atoms with Gasteiger partial charge in [-0.2, -0.15) is 0 Å². The highest BCUT2D eigenvalue weighted by Crippen LogP contribution is 2.19. The number of benzene rings is 2. The second-order valence-corrected chi connectivity index (χ2v) is 11.8. The largest absolute Gasteiger partial charge is 0.491 e. The molecule has 238 valence electrons. The zero-order valence-electron chi connectivity index (χ0n) is 26.1. The standard InChI is InChI=1S/C33H45N5O6/c1-20(2)28-33(43)38-29(21(3)4)32(42)35-22(5)19-44-26-16-10-9-15-24(26)30(40)36-25(18-27(39)37-28)31(41)34-17-11-14-23-12-7-6-8-13-23/h6-10,12-13,15-16,20-22,25,28-29H,11,14,17-19H2,1-5H3,(H,34,41)(H,35,42)(H,36,40)(H,37,39)(H,38,43)/t22-,25-,28-,29+/m0/s1. The number of fused-ring (bicyclic) bond motifs is 1. The molecule has 1 aliphatic heterocycles. The molecule has 0 spiro atoms. The van der Waals surface area contributed by atoms with Gasteiger partial charge < -0.3 is 31.3 Å². The van der Waals surface area contributed by atoms with E-state index in [0.717, 1.165) is 12.0 Å². The van der Waals surface area contributed by atoms with Gasteiger partial charge in [0.25, 0.3) is 5.91 Å². The van der Waals surface area contributed by atoms with Gasteiger partial charge in [-0.3, -0.25) is 24.0 Å². The van der Waals surface area contributed by atoms with Crippen LogP contribution in [0.3, 0.4) is 0 Å². The van der Waals surface area contributed by atoms with Gasteiger partial charge in [-0.1, -0.05) is 70.2 Å². The monoisotopic (exact) mass is 607 g/mol. The van der Waals surface area contributed by atoms with Crippen molar-refractivity contribution in [1.29, 1.82) is 0 Å². The fraction of sp³-hybridized carbons (Fsp3) is 0.485. The minimum absolute atomic E-state index is 0.0504. The summed E-state index contributed by atoms with van der Waals surface area (Å²) < 4.78 is 5.91. The van der Waals surface area contributed by atoms with Crippen LogP contribution < -0.4 is 31.3 Å². The van der Waals surface area contributed by atoms with Crippen LogP contribution in [0.15, 0.2) is 54.6 Å². The summed E-state index contributed by atoms with van der Waals surface area (Å²) in [6.45, 7) is 9.31. The van der Waals surface area contributed by atoms with Gasteiger partial charge in [-0.05, 0) is 49.3 Å². The summed E-state index contributed by atoms with van der Waals surface area (Å²) in [5, 5.41) is 13.9. The van der Waals surface area contributed by atoms with Crippen LogP contribution >= 0.6 is 0 Å². The Kier molecular flexibility index (Phi) is 12.7. The van der Waals surface area contributed by atoms with Crippen LogP contribution in [-0.4, -0.2) is 66.9 Å². The minimum Gasteiger partial charge on any atom is -0.491 e. The van der Waals surface area contributed by atoms with Crippen molar-refractivity contribution in [3.05, 3.63) is 65.7 Å². The van der Waals surface area contributed by atoms with Gasteiger partial charge in [0.1, 0.15) is 30.5 Å². The average Bonchev–Trinajstić information content (AvgIpc) is 2.99. The topological polar surface area (TPSA) is 155 Å².